The number of hydrogen-bond donors (Lipinski definition) is 1. The first-order valence-corrected chi connectivity index (χ1v) is 12.9. The van der Waals surface area contributed by atoms with E-state index in [9.17, 15) is 13.2 Å². The van der Waals surface area contributed by atoms with E-state index in [-0.39, 0.29) is 11.7 Å². The maximum Gasteiger partial charge on any atom is 0.258 e. The number of anilines is 2. The van der Waals surface area contributed by atoms with Gasteiger partial charge in [-0.25, -0.2) is 12.7 Å². The molecule has 0 atom stereocenters. The van der Waals surface area contributed by atoms with Gasteiger partial charge in [-0.15, -0.1) is 0 Å². The van der Waals surface area contributed by atoms with E-state index < -0.39 is 10.0 Å². The number of carbonyl (C=O) groups is 1. The van der Waals surface area contributed by atoms with Gasteiger partial charge in [0.1, 0.15) is 0 Å². The Kier molecular flexibility index (Phi) is 7.07. The van der Waals surface area contributed by atoms with Gasteiger partial charge >= 0.3 is 0 Å². The van der Waals surface area contributed by atoms with Crippen molar-refractivity contribution in [2.45, 2.75) is 6.42 Å². The molecule has 0 spiro atoms. The lowest BCUT2D eigenvalue weighted by molar-refractivity contribution is -0.110. The molecule has 3 aromatic carbocycles. The molecule has 1 heterocycles. The van der Waals surface area contributed by atoms with Crippen molar-refractivity contribution in [3.05, 3.63) is 95.0 Å². The molecule has 3 aromatic rings. The molecule has 176 valence electrons. The van der Waals surface area contributed by atoms with Crippen molar-refractivity contribution in [2.75, 3.05) is 36.0 Å². The molecule has 4 rings (SSSR count). The molecule has 8 heteroatoms. The zero-order chi connectivity index (χ0) is 24.3. The Morgan fingerprint density at radius 3 is 2.24 bits per heavy atom. The molecule has 1 N–H and O–H groups in total. The number of carbonyl (C=O) groups excluding carboxylic acids is 1. The molecule has 0 aliphatic carbocycles. The van der Waals surface area contributed by atoms with E-state index in [4.69, 9.17) is 11.6 Å². The fourth-order valence-corrected chi connectivity index (χ4v) is 5.69. The summed E-state index contributed by atoms with van der Waals surface area (Å²) in [6.45, 7) is 0.623. The van der Waals surface area contributed by atoms with E-state index in [1.54, 1.807) is 54.6 Å². The van der Waals surface area contributed by atoms with Gasteiger partial charge in [0.25, 0.3) is 5.91 Å². The number of fused-ring (bicyclic) bond motifs is 1. The van der Waals surface area contributed by atoms with Crippen LogP contribution in [0.2, 0.25) is 5.02 Å². The number of para-hydroxylation sites is 2. The predicted octanol–water partition coefficient (Wildman–Crippen LogP) is 4.95. The number of hydrogen-bond acceptors (Lipinski definition) is 4. The Morgan fingerprint density at radius 1 is 0.912 bits per heavy atom. The van der Waals surface area contributed by atoms with Crippen LogP contribution in [0, 0.1) is 0 Å². The van der Waals surface area contributed by atoms with Crippen LogP contribution in [0.4, 0.5) is 11.4 Å². The molecule has 6 nitrogen and oxygen atoms in total. The van der Waals surface area contributed by atoms with Gasteiger partial charge in [0.05, 0.1) is 22.7 Å². The zero-order valence-electron chi connectivity index (χ0n) is 19.0. The quantitative estimate of drug-likeness (QED) is 0.449. The van der Waals surface area contributed by atoms with Crippen molar-refractivity contribution in [2.24, 2.45) is 0 Å². The summed E-state index contributed by atoms with van der Waals surface area (Å²) in [6, 6.07) is 23.0. The van der Waals surface area contributed by atoms with Crippen molar-refractivity contribution in [3.63, 3.8) is 0 Å². The molecule has 0 saturated heterocycles. The molecule has 34 heavy (non-hydrogen) atoms. The Labute approximate surface area is 205 Å². The van der Waals surface area contributed by atoms with Crippen LogP contribution < -0.4 is 9.62 Å². The standard InChI is InChI=1S/C26H26ClN3O3S/c1-29(2)17-8-18-34(32,33)30(21-9-4-3-5-10-21)25(19-13-15-20(27)16-14-19)24-22-11-6-7-12-23(22)28-26(24)31/h3-7,9-16H,8,17-18H2,1-2H3,(H,28,31)/b25-24-. The second-order valence-corrected chi connectivity index (χ2v) is 10.7. The van der Waals surface area contributed by atoms with E-state index in [1.807, 2.05) is 43.3 Å². The van der Waals surface area contributed by atoms with Crippen LogP contribution in [0.5, 0.6) is 0 Å². The summed E-state index contributed by atoms with van der Waals surface area (Å²) >= 11 is 6.14. The van der Waals surface area contributed by atoms with Gasteiger partial charge in [-0.1, -0.05) is 60.1 Å². The third-order valence-electron chi connectivity index (χ3n) is 5.51. The van der Waals surface area contributed by atoms with E-state index in [2.05, 4.69) is 5.32 Å². The van der Waals surface area contributed by atoms with Gasteiger partial charge in [0, 0.05) is 21.8 Å². The highest BCUT2D eigenvalue weighted by molar-refractivity contribution is 7.93. The summed E-state index contributed by atoms with van der Waals surface area (Å²) in [5, 5.41) is 3.39. The average Bonchev–Trinajstić information content (AvgIpc) is 3.13. The maximum atomic E-state index is 13.9. The highest BCUT2D eigenvalue weighted by Gasteiger charge is 2.35. The SMILES string of the molecule is CN(C)CCCS(=O)(=O)N(/C(=C1\C(=O)Nc2ccccc21)c1ccc(Cl)cc1)c1ccccc1. The molecule has 0 bridgehead atoms. The summed E-state index contributed by atoms with van der Waals surface area (Å²) in [7, 11) is -0.0456. The van der Waals surface area contributed by atoms with E-state index in [0.717, 1.165) is 0 Å². The van der Waals surface area contributed by atoms with Gasteiger partial charge in [0.2, 0.25) is 10.0 Å². The van der Waals surface area contributed by atoms with Crippen LogP contribution in [-0.2, 0) is 14.8 Å². The van der Waals surface area contributed by atoms with Gasteiger partial charge in [-0.3, -0.25) is 4.79 Å². The first-order chi connectivity index (χ1) is 16.3. The highest BCUT2D eigenvalue weighted by atomic mass is 35.5. The smallest absolute Gasteiger partial charge is 0.258 e. The summed E-state index contributed by atoms with van der Waals surface area (Å²) in [5.41, 5.74) is 2.94. The van der Waals surface area contributed by atoms with Crippen LogP contribution in [0.25, 0.3) is 11.3 Å². The zero-order valence-corrected chi connectivity index (χ0v) is 20.6. The first-order valence-electron chi connectivity index (χ1n) is 10.9. The molecule has 0 radical (unpaired) electrons. The number of halogens is 1. The lowest BCUT2D eigenvalue weighted by atomic mass is 10.00. The Hall–Kier alpha value is -3.13. The van der Waals surface area contributed by atoms with Crippen LogP contribution >= 0.6 is 11.6 Å². The number of amides is 1. The monoisotopic (exact) mass is 495 g/mol. The highest BCUT2D eigenvalue weighted by Crippen LogP contribution is 2.41. The van der Waals surface area contributed by atoms with Crippen molar-refractivity contribution >= 4 is 50.2 Å². The summed E-state index contributed by atoms with van der Waals surface area (Å²) in [6.07, 6.45) is 0.449. The minimum atomic E-state index is -3.86. The minimum Gasteiger partial charge on any atom is -0.321 e. The van der Waals surface area contributed by atoms with Crippen LogP contribution in [0.1, 0.15) is 17.5 Å². The number of nitrogens with one attached hydrogen (secondary N) is 1. The van der Waals surface area contributed by atoms with Crippen LogP contribution in [0.3, 0.4) is 0 Å². The molecule has 1 aliphatic rings. The minimum absolute atomic E-state index is 0.0757. The van der Waals surface area contributed by atoms with Crippen molar-refractivity contribution in [3.8, 4) is 0 Å². The summed E-state index contributed by atoms with van der Waals surface area (Å²) in [5.74, 6) is -0.427. The second kappa shape index (κ2) is 10.0. The molecule has 0 fully saturated rings. The largest absolute Gasteiger partial charge is 0.321 e. The third-order valence-corrected chi connectivity index (χ3v) is 7.51. The topological polar surface area (TPSA) is 69.7 Å². The predicted molar refractivity (Wildman–Crippen MR) is 139 cm³/mol. The lowest BCUT2D eigenvalue weighted by Gasteiger charge is -2.29. The number of nitrogens with zero attached hydrogens (tertiary/aromatic N) is 2. The number of benzene rings is 3. The summed E-state index contributed by atoms with van der Waals surface area (Å²) < 4.78 is 29.1. The van der Waals surface area contributed by atoms with Crippen molar-refractivity contribution in [1.29, 1.82) is 0 Å². The second-order valence-electron chi connectivity index (χ2n) is 8.30. The Morgan fingerprint density at radius 2 is 1.56 bits per heavy atom. The van der Waals surface area contributed by atoms with Gasteiger partial charge in [-0.05, 0) is 57.4 Å². The van der Waals surface area contributed by atoms with E-state index >= 15 is 0 Å². The Balaban J connectivity index is 1.99. The average molecular weight is 496 g/mol. The number of sulfonamides is 1. The summed E-state index contributed by atoms with van der Waals surface area (Å²) in [4.78, 5) is 15.2. The van der Waals surface area contributed by atoms with Crippen LogP contribution in [-0.4, -0.2) is 45.6 Å². The fourth-order valence-electron chi connectivity index (χ4n) is 3.97. The maximum absolute atomic E-state index is 13.9. The lowest BCUT2D eigenvalue weighted by Crippen LogP contribution is -2.34. The molecular weight excluding hydrogens is 470 g/mol. The van der Waals surface area contributed by atoms with Gasteiger partial charge in [0.15, 0.2) is 0 Å². The molecule has 0 aromatic heterocycles. The first kappa shape index (κ1) is 24.0. The van der Waals surface area contributed by atoms with E-state index in [0.29, 0.717) is 51.8 Å². The molecular formula is C26H26ClN3O3S. The molecule has 0 saturated carbocycles. The normalized spacial score (nSPS) is 14.6. The Bertz CT molecular complexity index is 1320. The molecule has 1 amide bonds. The van der Waals surface area contributed by atoms with Crippen molar-refractivity contribution in [1.82, 2.24) is 4.90 Å². The third kappa shape index (κ3) is 5.01. The molecule has 1 aliphatic heterocycles. The van der Waals surface area contributed by atoms with E-state index in [1.165, 1.54) is 4.31 Å². The van der Waals surface area contributed by atoms with Crippen molar-refractivity contribution < 1.29 is 13.2 Å². The molecule has 0 unspecified atom stereocenters. The number of rotatable bonds is 8. The fraction of sp³-hybridized carbons (Fsp3) is 0.192. The van der Waals surface area contributed by atoms with Gasteiger partial charge in [-0.2, -0.15) is 0 Å². The van der Waals surface area contributed by atoms with Gasteiger partial charge < -0.3 is 10.2 Å². The van der Waals surface area contributed by atoms with Crippen LogP contribution in [0.15, 0.2) is 78.9 Å².